The number of hydrogen-bond acceptors (Lipinski definition) is 4. The van der Waals surface area contributed by atoms with E-state index in [1.807, 2.05) is 19.1 Å². The number of nitrogens with zero attached hydrogens (tertiary/aromatic N) is 3. The van der Waals surface area contributed by atoms with Gasteiger partial charge in [-0.2, -0.15) is 5.10 Å². The average molecular weight is 229 g/mol. The predicted octanol–water partition coefficient (Wildman–Crippen LogP) is 1.48. The molecule has 2 aromatic rings. The number of carbonyl (C=O) groups is 1. The fourth-order valence-corrected chi connectivity index (χ4v) is 2.11. The maximum absolute atomic E-state index is 12.4. The first kappa shape index (κ1) is 10.0. The summed E-state index contributed by atoms with van der Waals surface area (Å²) < 4.78 is 7.27. The Hall–Kier alpha value is -2.17. The summed E-state index contributed by atoms with van der Waals surface area (Å²) in [6.07, 6.45) is 2.70. The molecule has 5 nitrogen and oxygen atoms in total. The smallest absolute Gasteiger partial charge is 0.194 e. The number of fused-ring (bicyclic) bond motifs is 1. The maximum atomic E-state index is 12.4. The van der Waals surface area contributed by atoms with E-state index in [4.69, 9.17) is 4.74 Å². The van der Waals surface area contributed by atoms with Crippen molar-refractivity contribution >= 4 is 5.78 Å². The molecule has 0 amide bonds. The Bertz CT molecular complexity index is 551. The van der Waals surface area contributed by atoms with Crippen LogP contribution in [0.25, 0.3) is 0 Å². The van der Waals surface area contributed by atoms with Crippen molar-refractivity contribution in [3.05, 3.63) is 42.5 Å². The highest BCUT2D eigenvalue weighted by molar-refractivity contribution is 6.02. The van der Waals surface area contributed by atoms with Gasteiger partial charge in [0.2, 0.25) is 0 Å². The van der Waals surface area contributed by atoms with Crippen molar-refractivity contribution in [3.8, 4) is 5.75 Å². The minimum Gasteiger partial charge on any atom is -0.487 e. The highest BCUT2D eigenvalue weighted by Crippen LogP contribution is 2.32. The summed E-state index contributed by atoms with van der Waals surface area (Å²) in [7, 11) is 0. The van der Waals surface area contributed by atoms with E-state index < -0.39 is 6.04 Å². The third kappa shape index (κ3) is 1.51. The van der Waals surface area contributed by atoms with Crippen molar-refractivity contribution in [1.82, 2.24) is 14.8 Å². The minimum atomic E-state index is -0.438. The molecule has 5 heteroatoms. The summed E-state index contributed by atoms with van der Waals surface area (Å²) in [6.45, 7) is 1.86. The normalized spacial score (nSPS) is 23.0. The third-order valence-electron chi connectivity index (χ3n) is 2.90. The lowest BCUT2D eigenvalue weighted by Crippen LogP contribution is -2.37. The number of para-hydroxylation sites is 1. The van der Waals surface area contributed by atoms with Crippen LogP contribution in [0.4, 0.5) is 0 Å². The molecule has 0 radical (unpaired) electrons. The molecule has 0 fully saturated rings. The van der Waals surface area contributed by atoms with Gasteiger partial charge in [0.1, 0.15) is 24.5 Å². The molecule has 0 unspecified atom stereocenters. The Kier molecular flexibility index (Phi) is 2.18. The Morgan fingerprint density at radius 2 is 2.18 bits per heavy atom. The molecule has 3 rings (SSSR count). The van der Waals surface area contributed by atoms with Crippen LogP contribution >= 0.6 is 0 Å². The zero-order chi connectivity index (χ0) is 11.8. The van der Waals surface area contributed by atoms with Crippen molar-refractivity contribution in [2.75, 3.05) is 0 Å². The standard InChI is InChI=1S/C12H11N3O2/c1-8-11(15-7-13-6-14-15)12(16)9-4-2-3-5-10(9)17-8/h2-8,11H,1H3/t8-,11-/m1/s1. The number of aromatic nitrogens is 3. The molecule has 0 N–H and O–H groups in total. The van der Waals surface area contributed by atoms with Gasteiger partial charge < -0.3 is 4.74 Å². The number of ether oxygens (including phenoxy) is 1. The van der Waals surface area contributed by atoms with Crippen LogP contribution in [0, 0.1) is 0 Å². The maximum Gasteiger partial charge on any atom is 0.194 e. The minimum absolute atomic E-state index is 0.0184. The Morgan fingerprint density at radius 1 is 1.35 bits per heavy atom. The molecular formula is C12H11N3O2. The second-order valence-electron chi connectivity index (χ2n) is 4.00. The zero-order valence-electron chi connectivity index (χ0n) is 9.28. The van der Waals surface area contributed by atoms with Crippen molar-refractivity contribution in [2.24, 2.45) is 0 Å². The van der Waals surface area contributed by atoms with Gasteiger partial charge in [0.25, 0.3) is 0 Å². The molecule has 0 saturated carbocycles. The second kappa shape index (κ2) is 3.69. The fraction of sp³-hybridized carbons (Fsp3) is 0.250. The van der Waals surface area contributed by atoms with Crippen LogP contribution in [0.1, 0.15) is 23.3 Å². The topological polar surface area (TPSA) is 57.0 Å². The van der Waals surface area contributed by atoms with E-state index in [0.717, 1.165) is 0 Å². The Morgan fingerprint density at radius 3 is 2.94 bits per heavy atom. The van der Waals surface area contributed by atoms with E-state index in [9.17, 15) is 4.79 Å². The largest absolute Gasteiger partial charge is 0.487 e. The number of ketones is 1. The molecule has 1 aromatic heterocycles. The Balaban J connectivity index is 2.07. The van der Waals surface area contributed by atoms with Crippen LogP contribution in [0.5, 0.6) is 5.75 Å². The van der Waals surface area contributed by atoms with Crippen molar-refractivity contribution < 1.29 is 9.53 Å². The highest BCUT2D eigenvalue weighted by Gasteiger charge is 2.36. The van der Waals surface area contributed by atoms with Gasteiger partial charge in [-0.05, 0) is 19.1 Å². The van der Waals surface area contributed by atoms with Crippen molar-refractivity contribution in [3.63, 3.8) is 0 Å². The van der Waals surface area contributed by atoms with Crippen LogP contribution in [0.15, 0.2) is 36.9 Å². The van der Waals surface area contributed by atoms with E-state index in [1.165, 1.54) is 12.7 Å². The van der Waals surface area contributed by atoms with Gasteiger partial charge in [0.05, 0.1) is 5.56 Å². The molecule has 86 valence electrons. The molecule has 2 atom stereocenters. The lowest BCUT2D eigenvalue weighted by Gasteiger charge is -2.29. The quantitative estimate of drug-likeness (QED) is 0.743. The van der Waals surface area contributed by atoms with E-state index in [-0.39, 0.29) is 11.9 Å². The van der Waals surface area contributed by atoms with E-state index in [2.05, 4.69) is 10.1 Å². The number of carbonyl (C=O) groups excluding carboxylic acids is 1. The molecule has 1 aromatic carbocycles. The van der Waals surface area contributed by atoms with Gasteiger partial charge in [-0.25, -0.2) is 9.67 Å². The predicted molar refractivity (Wildman–Crippen MR) is 59.9 cm³/mol. The monoisotopic (exact) mass is 229 g/mol. The van der Waals surface area contributed by atoms with Crippen molar-refractivity contribution in [2.45, 2.75) is 19.1 Å². The number of rotatable bonds is 1. The van der Waals surface area contributed by atoms with Gasteiger partial charge in [-0.15, -0.1) is 0 Å². The van der Waals surface area contributed by atoms with Gasteiger partial charge in [0.15, 0.2) is 11.8 Å². The molecule has 0 bridgehead atoms. The first-order chi connectivity index (χ1) is 8.27. The first-order valence-corrected chi connectivity index (χ1v) is 5.41. The van der Waals surface area contributed by atoms with Gasteiger partial charge in [0, 0.05) is 0 Å². The fourth-order valence-electron chi connectivity index (χ4n) is 2.11. The first-order valence-electron chi connectivity index (χ1n) is 5.41. The lowest BCUT2D eigenvalue weighted by atomic mass is 9.96. The van der Waals surface area contributed by atoms with Gasteiger partial charge >= 0.3 is 0 Å². The van der Waals surface area contributed by atoms with Crippen LogP contribution in [0.3, 0.4) is 0 Å². The summed E-state index contributed by atoms with van der Waals surface area (Å²) in [5.74, 6) is 0.659. The highest BCUT2D eigenvalue weighted by atomic mass is 16.5. The average Bonchev–Trinajstić information content (AvgIpc) is 2.83. The third-order valence-corrected chi connectivity index (χ3v) is 2.90. The summed E-state index contributed by atoms with van der Waals surface area (Å²) in [6, 6.07) is 6.82. The molecule has 17 heavy (non-hydrogen) atoms. The van der Waals surface area contributed by atoms with E-state index in [0.29, 0.717) is 11.3 Å². The zero-order valence-corrected chi connectivity index (χ0v) is 9.28. The summed E-state index contributed by atoms with van der Waals surface area (Å²) in [5, 5.41) is 4.02. The summed E-state index contributed by atoms with van der Waals surface area (Å²) >= 11 is 0. The second-order valence-corrected chi connectivity index (χ2v) is 4.00. The van der Waals surface area contributed by atoms with E-state index >= 15 is 0 Å². The van der Waals surface area contributed by atoms with Crippen LogP contribution < -0.4 is 4.74 Å². The number of Topliss-reactive ketones (excluding diaryl/α,β-unsaturated/α-hetero) is 1. The van der Waals surface area contributed by atoms with E-state index in [1.54, 1.807) is 16.8 Å². The lowest BCUT2D eigenvalue weighted by molar-refractivity contribution is 0.0697. The SMILES string of the molecule is C[C@H]1Oc2ccccc2C(=O)[C@@H]1n1cncn1. The molecular weight excluding hydrogens is 218 g/mol. The molecule has 1 aliphatic heterocycles. The van der Waals surface area contributed by atoms with Crippen molar-refractivity contribution in [1.29, 1.82) is 0 Å². The van der Waals surface area contributed by atoms with Crippen LogP contribution in [-0.4, -0.2) is 26.7 Å². The molecule has 0 aliphatic carbocycles. The molecule has 0 spiro atoms. The number of benzene rings is 1. The summed E-state index contributed by atoms with van der Waals surface area (Å²) in [4.78, 5) is 16.2. The number of hydrogen-bond donors (Lipinski definition) is 0. The van der Waals surface area contributed by atoms with Crippen LogP contribution in [-0.2, 0) is 0 Å². The summed E-state index contributed by atoms with van der Waals surface area (Å²) in [5.41, 5.74) is 0.603. The Labute approximate surface area is 98.0 Å². The molecule has 1 aliphatic rings. The van der Waals surface area contributed by atoms with Gasteiger partial charge in [-0.3, -0.25) is 4.79 Å². The van der Waals surface area contributed by atoms with Gasteiger partial charge in [-0.1, -0.05) is 12.1 Å². The molecule has 0 saturated heterocycles. The van der Waals surface area contributed by atoms with Crippen LogP contribution in [0.2, 0.25) is 0 Å². The molecule has 2 heterocycles.